The lowest BCUT2D eigenvalue weighted by Crippen LogP contribution is -2.24. The maximum Gasteiger partial charge on any atom is 0.141 e. The number of rotatable bonds is 8. The molecule has 0 amide bonds. The van der Waals surface area contributed by atoms with Gasteiger partial charge in [-0.2, -0.15) is 0 Å². The van der Waals surface area contributed by atoms with Crippen LogP contribution in [0.1, 0.15) is 44.6 Å². The molecule has 1 fully saturated rings. The van der Waals surface area contributed by atoms with Crippen molar-refractivity contribution in [3.8, 4) is 11.4 Å². The van der Waals surface area contributed by atoms with Crippen LogP contribution in [0.15, 0.2) is 48.5 Å². The molecule has 0 N–H and O–H groups in total. The summed E-state index contributed by atoms with van der Waals surface area (Å²) < 4.78 is 7.92. The van der Waals surface area contributed by atoms with Crippen LogP contribution in [0.3, 0.4) is 0 Å². The van der Waals surface area contributed by atoms with Crippen LogP contribution < -0.4 is 0 Å². The van der Waals surface area contributed by atoms with Crippen molar-refractivity contribution in [2.75, 3.05) is 32.8 Å². The van der Waals surface area contributed by atoms with Gasteiger partial charge in [-0.15, -0.1) is 0 Å². The summed E-state index contributed by atoms with van der Waals surface area (Å²) in [4.78, 5) is 7.48. The summed E-state index contributed by atoms with van der Waals surface area (Å²) in [5, 5.41) is 0. The Kier molecular flexibility index (Phi) is 6.63. The fourth-order valence-corrected chi connectivity index (χ4v) is 4.45. The van der Waals surface area contributed by atoms with Crippen molar-refractivity contribution in [2.24, 2.45) is 0 Å². The summed E-state index contributed by atoms with van der Waals surface area (Å²) in [6, 6.07) is 17.6. The average Bonchev–Trinajstić information content (AvgIpc) is 3.16. The van der Waals surface area contributed by atoms with E-state index in [1.54, 1.807) is 0 Å². The molecular weight excluding hydrogens is 358 g/mol. The predicted molar refractivity (Wildman–Crippen MR) is 120 cm³/mol. The number of aryl methyl sites for hydroxylation is 1. The van der Waals surface area contributed by atoms with Gasteiger partial charge >= 0.3 is 0 Å². The van der Waals surface area contributed by atoms with Crippen molar-refractivity contribution < 1.29 is 4.74 Å². The Morgan fingerprint density at radius 1 is 1.00 bits per heavy atom. The largest absolute Gasteiger partial charge is 0.381 e. The van der Waals surface area contributed by atoms with Crippen molar-refractivity contribution in [3.63, 3.8) is 0 Å². The zero-order valence-electron chi connectivity index (χ0n) is 17.8. The molecule has 2 aromatic carbocycles. The fourth-order valence-electron chi connectivity index (χ4n) is 4.45. The molecule has 0 unspecified atom stereocenters. The van der Waals surface area contributed by atoms with Gasteiger partial charge in [0.25, 0.3) is 0 Å². The molecule has 0 radical (unpaired) electrons. The lowest BCUT2D eigenvalue weighted by atomic mass is 9.91. The van der Waals surface area contributed by atoms with Crippen LogP contribution in [0.4, 0.5) is 0 Å². The van der Waals surface area contributed by atoms with Crippen LogP contribution in [0.5, 0.6) is 0 Å². The van der Waals surface area contributed by atoms with Gasteiger partial charge in [-0.25, -0.2) is 4.98 Å². The lowest BCUT2D eigenvalue weighted by molar-refractivity contribution is 0.0853. The monoisotopic (exact) mass is 391 g/mol. The molecule has 4 heteroatoms. The lowest BCUT2D eigenvalue weighted by Gasteiger charge is -2.22. The van der Waals surface area contributed by atoms with Crippen LogP contribution >= 0.6 is 0 Å². The van der Waals surface area contributed by atoms with E-state index in [2.05, 4.69) is 71.8 Å². The Bertz CT molecular complexity index is 905. The Morgan fingerprint density at radius 3 is 2.45 bits per heavy atom. The zero-order valence-corrected chi connectivity index (χ0v) is 17.8. The molecule has 0 aliphatic carbocycles. The van der Waals surface area contributed by atoms with Crippen LogP contribution in [0.2, 0.25) is 0 Å². The van der Waals surface area contributed by atoms with Gasteiger partial charge in [0, 0.05) is 25.3 Å². The van der Waals surface area contributed by atoms with E-state index in [1.165, 1.54) is 16.6 Å². The van der Waals surface area contributed by atoms with E-state index in [1.807, 2.05) is 0 Å². The van der Waals surface area contributed by atoms with E-state index in [0.717, 1.165) is 70.0 Å². The quantitative estimate of drug-likeness (QED) is 0.520. The molecular formula is C25H33N3O. The third kappa shape index (κ3) is 4.54. The summed E-state index contributed by atoms with van der Waals surface area (Å²) >= 11 is 0. The van der Waals surface area contributed by atoms with Gasteiger partial charge < -0.3 is 14.2 Å². The van der Waals surface area contributed by atoms with Gasteiger partial charge in [0.2, 0.25) is 0 Å². The number of para-hydroxylation sites is 2. The molecule has 4 nitrogen and oxygen atoms in total. The Morgan fingerprint density at radius 2 is 1.72 bits per heavy atom. The van der Waals surface area contributed by atoms with Crippen molar-refractivity contribution in [1.82, 2.24) is 14.5 Å². The summed E-state index contributed by atoms with van der Waals surface area (Å²) in [5.41, 5.74) is 4.95. The van der Waals surface area contributed by atoms with Crippen LogP contribution in [-0.4, -0.2) is 47.3 Å². The van der Waals surface area contributed by atoms with Gasteiger partial charge in [0.05, 0.1) is 11.0 Å². The normalized spacial score (nSPS) is 15.4. The average molecular weight is 392 g/mol. The molecule has 1 aromatic heterocycles. The summed E-state index contributed by atoms with van der Waals surface area (Å²) in [6.45, 7) is 10.6. The van der Waals surface area contributed by atoms with Crippen molar-refractivity contribution in [1.29, 1.82) is 0 Å². The molecule has 1 aliphatic rings. The third-order valence-electron chi connectivity index (χ3n) is 6.27. The number of hydrogen-bond donors (Lipinski definition) is 0. The SMILES string of the molecule is CCN(CC)CCCn1c(-c2ccc(C3CCOCC3)cc2)nc2ccccc21. The minimum Gasteiger partial charge on any atom is -0.381 e. The molecule has 0 bridgehead atoms. The van der Waals surface area contributed by atoms with Crippen molar-refractivity contribution in [3.05, 3.63) is 54.1 Å². The predicted octanol–water partition coefficient (Wildman–Crippen LogP) is 5.33. The van der Waals surface area contributed by atoms with E-state index in [4.69, 9.17) is 9.72 Å². The highest BCUT2D eigenvalue weighted by atomic mass is 16.5. The molecule has 0 saturated carbocycles. The first kappa shape index (κ1) is 20.1. The second-order valence-electron chi connectivity index (χ2n) is 7.96. The van der Waals surface area contributed by atoms with Gasteiger partial charge in [-0.05, 0) is 62.5 Å². The maximum atomic E-state index is 5.52. The molecule has 2 heterocycles. The number of hydrogen-bond acceptors (Lipinski definition) is 3. The Labute approximate surface area is 174 Å². The summed E-state index contributed by atoms with van der Waals surface area (Å²) in [6.07, 6.45) is 3.39. The highest BCUT2D eigenvalue weighted by molar-refractivity contribution is 5.80. The van der Waals surface area contributed by atoms with Crippen LogP contribution in [0, 0.1) is 0 Å². The first-order valence-corrected chi connectivity index (χ1v) is 11.2. The third-order valence-corrected chi connectivity index (χ3v) is 6.27. The maximum absolute atomic E-state index is 5.52. The zero-order chi connectivity index (χ0) is 20.1. The molecule has 1 aliphatic heterocycles. The molecule has 0 atom stereocenters. The van der Waals surface area contributed by atoms with Gasteiger partial charge in [-0.3, -0.25) is 0 Å². The number of aromatic nitrogens is 2. The second kappa shape index (κ2) is 9.55. The standard InChI is InChI=1S/C25H33N3O/c1-3-27(4-2)16-7-17-28-24-9-6-5-8-23(24)26-25(28)22-12-10-20(11-13-22)21-14-18-29-19-15-21/h5-6,8-13,21H,3-4,7,14-19H2,1-2H3. The second-order valence-corrected chi connectivity index (χ2v) is 7.96. The Balaban J connectivity index is 1.59. The molecule has 4 rings (SSSR count). The highest BCUT2D eigenvalue weighted by Crippen LogP contribution is 2.30. The fraction of sp³-hybridized carbons (Fsp3) is 0.480. The van der Waals surface area contributed by atoms with Crippen molar-refractivity contribution in [2.45, 2.75) is 45.6 Å². The van der Waals surface area contributed by atoms with E-state index in [-0.39, 0.29) is 0 Å². The summed E-state index contributed by atoms with van der Waals surface area (Å²) in [5.74, 6) is 1.72. The van der Waals surface area contributed by atoms with Gasteiger partial charge in [0.15, 0.2) is 0 Å². The Hall–Kier alpha value is -2.17. The van der Waals surface area contributed by atoms with Gasteiger partial charge in [0.1, 0.15) is 5.82 Å². The number of benzene rings is 2. The number of ether oxygens (including phenoxy) is 1. The molecule has 29 heavy (non-hydrogen) atoms. The number of fused-ring (bicyclic) bond motifs is 1. The summed E-state index contributed by atoms with van der Waals surface area (Å²) in [7, 11) is 0. The topological polar surface area (TPSA) is 30.3 Å². The highest BCUT2D eigenvalue weighted by Gasteiger charge is 2.17. The molecule has 154 valence electrons. The van der Waals surface area contributed by atoms with Crippen LogP contribution in [0.25, 0.3) is 22.4 Å². The van der Waals surface area contributed by atoms with E-state index < -0.39 is 0 Å². The number of imidazole rings is 1. The minimum atomic E-state index is 0.630. The number of nitrogens with zero attached hydrogens (tertiary/aromatic N) is 3. The van der Waals surface area contributed by atoms with Crippen molar-refractivity contribution >= 4 is 11.0 Å². The van der Waals surface area contributed by atoms with Crippen LogP contribution in [-0.2, 0) is 11.3 Å². The first-order valence-electron chi connectivity index (χ1n) is 11.2. The van der Waals surface area contributed by atoms with Gasteiger partial charge in [-0.1, -0.05) is 50.2 Å². The first-order chi connectivity index (χ1) is 14.3. The minimum absolute atomic E-state index is 0.630. The molecule has 3 aromatic rings. The van der Waals surface area contributed by atoms with E-state index in [9.17, 15) is 0 Å². The van der Waals surface area contributed by atoms with E-state index >= 15 is 0 Å². The molecule has 0 spiro atoms. The molecule has 1 saturated heterocycles. The smallest absolute Gasteiger partial charge is 0.141 e. The van der Waals surface area contributed by atoms with E-state index in [0.29, 0.717) is 5.92 Å².